The highest BCUT2D eigenvalue weighted by molar-refractivity contribution is 7.90. The SMILES string of the molecule is CCOc1cc(Cl)ccc1S(=O)(=O)n1nnc2ccccc21. The lowest BCUT2D eigenvalue weighted by molar-refractivity contribution is 0.331. The minimum Gasteiger partial charge on any atom is -0.492 e. The third-order valence-corrected chi connectivity index (χ3v) is 4.89. The van der Waals surface area contributed by atoms with Crippen molar-refractivity contribution < 1.29 is 13.2 Å². The third kappa shape index (κ3) is 2.42. The van der Waals surface area contributed by atoms with Crippen LogP contribution in [0.3, 0.4) is 0 Å². The van der Waals surface area contributed by atoms with Gasteiger partial charge in [-0.1, -0.05) is 28.9 Å². The topological polar surface area (TPSA) is 74.1 Å². The number of aromatic nitrogens is 3. The molecule has 0 saturated heterocycles. The number of hydrogen-bond donors (Lipinski definition) is 0. The number of nitrogens with zero attached hydrogens (tertiary/aromatic N) is 3. The highest BCUT2D eigenvalue weighted by Gasteiger charge is 2.25. The molecule has 3 rings (SSSR count). The van der Waals surface area contributed by atoms with Crippen LogP contribution in [0.15, 0.2) is 47.4 Å². The average molecular weight is 338 g/mol. The van der Waals surface area contributed by atoms with E-state index in [-0.39, 0.29) is 10.6 Å². The number of hydrogen-bond acceptors (Lipinski definition) is 5. The largest absolute Gasteiger partial charge is 0.492 e. The Labute approximate surface area is 132 Å². The van der Waals surface area contributed by atoms with Crippen molar-refractivity contribution in [3.63, 3.8) is 0 Å². The normalized spacial score (nSPS) is 11.7. The van der Waals surface area contributed by atoms with Crippen molar-refractivity contribution in [1.82, 2.24) is 14.4 Å². The Balaban J connectivity index is 2.22. The molecule has 114 valence electrons. The lowest BCUT2D eigenvalue weighted by Gasteiger charge is -2.11. The molecule has 0 saturated carbocycles. The maximum Gasteiger partial charge on any atom is 0.288 e. The van der Waals surface area contributed by atoms with Gasteiger partial charge < -0.3 is 4.74 Å². The summed E-state index contributed by atoms with van der Waals surface area (Å²) in [6.07, 6.45) is 0. The number of para-hydroxylation sites is 1. The van der Waals surface area contributed by atoms with Crippen LogP contribution in [0.5, 0.6) is 5.75 Å². The van der Waals surface area contributed by atoms with Gasteiger partial charge in [-0.3, -0.25) is 0 Å². The summed E-state index contributed by atoms with van der Waals surface area (Å²) in [5.74, 6) is 0.189. The summed E-state index contributed by atoms with van der Waals surface area (Å²) in [6, 6.07) is 11.2. The summed E-state index contributed by atoms with van der Waals surface area (Å²) < 4.78 is 32.0. The van der Waals surface area contributed by atoms with Crippen molar-refractivity contribution in [3.05, 3.63) is 47.5 Å². The number of benzene rings is 2. The first-order chi connectivity index (χ1) is 10.5. The molecular formula is C14H12ClN3O3S. The van der Waals surface area contributed by atoms with Crippen LogP contribution in [-0.2, 0) is 10.0 Å². The van der Waals surface area contributed by atoms with Gasteiger partial charge in [-0.2, -0.15) is 8.42 Å². The fourth-order valence-electron chi connectivity index (χ4n) is 2.08. The van der Waals surface area contributed by atoms with Crippen LogP contribution in [-0.4, -0.2) is 29.4 Å². The monoisotopic (exact) mass is 337 g/mol. The lowest BCUT2D eigenvalue weighted by atomic mass is 10.3. The quantitative estimate of drug-likeness (QED) is 0.731. The zero-order chi connectivity index (χ0) is 15.7. The molecule has 6 nitrogen and oxygen atoms in total. The van der Waals surface area contributed by atoms with Crippen LogP contribution in [0, 0.1) is 0 Å². The Bertz CT molecular complexity index is 937. The van der Waals surface area contributed by atoms with E-state index in [1.165, 1.54) is 18.2 Å². The summed E-state index contributed by atoms with van der Waals surface area (Å²) in [4.78, 5) is -0.00518. The van der Waals surface area contributed by atoms with E-state index in [9.17, 15) is 8.42 Å². The molecule has 0 aliphatic rings. The van der Waals surface area contributed by atoms with Crippen molar-refractivity contribution in [1.29, 1.82) is 0 Å². The minimum atomic E-state index is -3.93. The Kier molecular flexibility index (Phi) is 3.76. The van der Waals surface area contributed by atoms with Crippen molar-refractivity contribution in [2.75, 3.05) is 6.61 Å². The summed E-state index contributed by atoms with van der Waals surface area (Å²) in [5.41, 5.74) is 0.901. The van der Waals surface area contributed by atoms with Gasteiger partial charge in [0.15, 0.2) is 0 Å². The van der Waals surface area contributed by atoms with Crippen molar-refractivity contribution in [3.8, 4) is 5.75 Å². The van der Waals surface area contributed by atoms with E-state index in [2.05, 4.69) is 10.3 Å². The molecule has 1 heterocycles. The van der Waals surface area contributed by atoms with Crippen LogP contribution in [0.1, 0.15) is 6.92 Å². The van der Waals surface area contributed by atoms with Gasteiger partial charge in [0, 0.05) is 11.1 Å². The maximum absolute atomic E-state index is 12.9. The molecule has 0 atom stereocenters. The van der Waals surface area contributed by atoms with Gasteiger partial charge in [-0.15, -0.1) is 9.19 Å². The summed E-state index contributed by atoms with van der Waals surface area (Å²) in [5, 5.41) is 8.02. The zero-order valence-corrected chi connectivity index (χ0v) is 13.2. The van der Waals surface area contributed by atoms with Gasteiger partial charge >= 0.3 is 0 Å². The number of ether oxygens (including phenoxy) is 1. The summed E-state index contributed by atoms with van der Waals surface area (Å²) in [7, 11) is -3.93. The molecule has 2 aromatic carbocycles. The summed E-state index contributed by atoms with van der Waals surface area (Å²) in [6.45, 7) is 2.09. The Morgan fingerprint density at radius 3 is 2.77 bits per heavy atom. The smallest absolute Gasteiger partial charge is 0.288 e. The van der Waals surface area contributed by atoms with Crippen LogP contribution < -0.4 is 4.74 Å². The molecule has 0 spiro atoms. The van der Waals surface area contributed by atoms with E-state index in [0.29, 0.717) is 22.7 Å². The molecule has 0 aliphatic carbocycles. The van der Waals surface area contributed by atoms with E-state index in [4.69, 9.17) is 16.3 Å². The molecule has 0 aliphatic heterocycles. The highest BCUT2D eigenvalue weighted by Crippen LogP contribution is 2.30. The average Bonchev–Trinajstić information content (AvgIpc) is 2.92. The molecule has 22 heavy (non-hydrogen) atoms. The molecule has 0 radical (unpaired) electrons. The molecular weight excluding hydrogens is 326 g/mol. The fraction of sp³-hybridized carbons (Fsp3) is 0.143. The Hall–Kier alpha value is -2.12. The second-order valence-corrected chi connectivity index (χ2v) is 6.62. The van der Waals surface area contributed by atoms with E-state index in [1.54, 1.807) is 31.2 Å². The van der Waals surface area contributed by atoms with Crippen LogP contribution in [0.4, 0.5) is 0 Å². The van der Waals surface area contributed by atoms with Gasteiger partial charge in [-0.05, 0) is 31.2 Å². The lowest BCUT2D eigenvalue weighted by Crippen LogP contribution is -2.16. The van der Waals surface area contributed by atoms with Crippen molar-refractivity contribution >= 4 is 32.7 Å². The Morgan fingerprint density at radius 1 is 1.23 bits per heavy atom. The molecule has 3 aromatic rings. The zero-order valence-electron chi connectivity index (χ0n) is 11.6. The second kappa shape index (κ2) is 5.58. The molecule has 0 amide bonds. The molecule has 0 N–H and O–H groups in total. The molecule has 0 fully saturated rings. The molecule has 0 bridgehead atoms. The molecule has 1 aromatic heterocycles. The Morgan fingerprint density at radius 2 is 2.00 bits per heavy atom. The number of halogens is 1. The van der Waals surface area contributed by atoms with Gasteiger partial charge in [0.1, 0.15) is 21.7 Å². The van der Waals surface area contributed by atoms with E-state index in [1.807, 2.05) is 0 Å². The first kappa shape index (κ1) is 14.8. The predicted octanol–water partition coefficient (Wildman–Crippen LogP) is 2.72. The predicted molar refractivity (Wildman–Crippen MR) is 82.7 cm³/mol. The molecule has 8 heteroatoms. The standard InChI is InChI=1S/C14H12ClN3O3S/c1-2-21-13-9-10(15)7-8-14(13)22(19,20)18-12-6-4-3-5-11(12)16-17-18/h3-9H,2H2,1H3. The van der Waals surface area contributed by atoms with Crippen LogP contribution >= 0.6 is 11.6 Å². The highest BCUT2D eigenvalue weighted by atomic mass is 35.5. The van der Waals surface area contributed by atoms with E-state index < -0.39 is 10.0 Å². The number of fused-ring (bicyclic) bond motifs is 1. The maximum atomic E-state index is 12.9. The van der Waals surface area contributed by atoms with Gasteiger partial charge in [0.25, 0.3) is 10.0 Å². The van der Waals surface area contributed by atoms with Crippen LogP contribution in [0.25, 0.3) is 11.0 Å². The third-order valence-electron chi connectivity index (χ3n) is 3.03. The van der Waals surface area contributed by atoms with E-state index in [0.717, 1.165) is 4.09 Å². The minimum absolute atomic E-state index is 0.00518. The first-order valence-corrected chi connectivity index (χ1v) is 8.34. The van der Waals surface area contributed by atoms with E-state index >= 15 is 0 Å². The first-order valence-electron chi connectivity index (χ1n) is 6.52. The fourth-order valence-corrected chi connectivity index (χ4v) is 3.59. The van der Waals surface area contributed by atoms with Gasteiger partial charge in [-0.25, -0.2) is 0 Å². The van der Waals surface area contributed by atoms with Crippen LogP contribution in [0.2, 0.25) is 5.02 Å². The van der Waals surface area contributed by atoms with Crippen molar-refractivity contribution in [2.45, 2.75) is 11.8 Å². The van der Waals surface area contributed by atoms with Gasteiger partial charge in [0.2, 0.25) is 0 Å². The summed E-state index contributed by atoms with van der Waals surface area (Å²) >= 11 is 5.91. The number of rotatable bonds is 4. The van der Waals surface area contributed by atoms with Crippen molar-refractivity contribution in [2.24, 2.45) is 0 Å². The second-order valence-electron chi connectivity index (χ2n) is 4.45. The van der Waals surface area contributed by atoms with Gasteiger partial charge in [0.05, 0.1) is 6.61 Å². The molecule has 0 unspecified atom stereocenters.